The minimum atomic E-state index is -0.0821. The molecule has 1 aliphatic heterocycles. The van der Waals surface area contributed by atoms with Gasteiger partial charge in [-0.25, -0.2) is 0 Å². The molecule has 0 amide bonds. The number of rotatable bonds is 3. The van der Waals surface area contributed by atoms with E-state index in [-0.39, 0.29) is 17.8 Å². The summed E-state index contributed by atoms with van der Waals surface area (Å²) in [6.45, 7) is 3.88. The van der Waals surface area contributed by atoms with Gasteiger partial charge in [-0.2, -0.15) is 0 Å². The molecule has 16 heavy (non-hydrogen) atoms. The second kappa shape index (κ2) is 4.70. The van der Waals surface area contributed by atoms with Gasteiger partial charge >= 0.3 is 5.97 Å². The van der Waals surface area contributed by atoms with E-state index < -0.39 is 0 Å². The molecule has 0 saturated carbocycles. The van der Waals surface area contributed by atoms with Crippen LogP contribution in [0.25, 0.3) is 0 Å². The number of carbonyl (C=O) groups is 1. The third-order valence-electron chi connectivity index (χ3n) is 3.09. The van der Waals surface area contributed by atoms with E-state index in [0.29, 0.717) is 6.61 Å². The van der Waals surface area contributed by atoms with E-state index in [2.05, 4.69) is 17.6 Å². The summed E-state index contributed by atoms with van der Waals surface area (Å²) in [5.41, 5.74) is 1.21. The molecule has 1 saturated heterocycles. The van der Waals surface area contributed by atoms with Crippen LogP contribution in [0, 0.1) is 5.92 Å². The molecule has 4 nitrogen and oxygen atoms in total. The van der Waals surface area contributed by atoms with Gasteiger partial charge in [-0.05, 0) is 18.6 Å². The third-order valence-corrected chi connectivity index (χ3v) is 3.09. The zero-order valence-corrected chi connectivity index (χ0v) is 9.77. The highest BCUT2D eigenvalue weighted by molar-refractivity contribution is 5.74. The summed E-state index contributed by atoms with van der Waals surface area (Å²) in [4.78, 5) is 11.8. The van der Waals surface area contributed by atoms with E-state index in [4.69, 9.17) is 4.74 Å². The molecule has 0 bridgehead atoms. The van der Waals surface area contributed by atoms with Crippen molar-refractivity contribution in [2.75, 3.05) is 19.7 Å². The molecule has 0 aliphatic carbocycles. The normalized spacial score (nSPS) is 24.6. The average Bonchev–Trinajstić information content (AvgIpc) is 2.85. The molecule has 0 spiro atoms. The first-order valence-electron chi connectivity index (χ1n) is 5.71. The van der Waals surface area contributed by atoms with Crippen LogP contribution in [0.5, 0.6) is 0 Å². The SMILES string of the molecule is CCOC(=O)C1CNCC1c1ccn(C)c1. The van der Waals surface area contributed by atoms with Gasteiger partial charge in [0.2, 0.25) is 0 Å². The molecule has 1 aromatic heterocycles. The van der Waals surface area contributed by atoms with Crippen LogP contribution in [-0.2, 0) is 16.6 Å². The van der Waals surface area contributed by atoms with Gasteiger partial charge in [-0.15, -0.1) is 0 Å². The molecule has 2 atom stereocenters. The van der Waals surface area contributed by atoms with Crippen LogP contribution < -0.4 is 5.32 Å². The number of hydrogen-bond acceptors (Lipinski definition) is 3. The van der Waals surface area contributed by atoms with E-state index in [1.54, 1.807) is 0 Å². The predicted octanol–water partition coefficient (Wildman–Crippen LogP) is 0.891. The topological polar surface area (TPSA) is 43.3 Å². The van der Waals surface area contributed by atoms with Gasteiger partial charge in [0.05, 0.1) is 12.5 Å². The van der Waals surface area contributed by atoms with Gasteiger partial charge in [0.25, 0.3) is 0 Å². The largest absolute Gasteiger partial charge is 0.466 e. The molecule has 1 aliphatic rings. The van der Waals surface area contributed by atoms with Crippen molar-refractivity contribution in [1.82, 2.24) is 9.88 Å². The molecule has 1 N–H and O–H groups in total. The lowest BCUT2D eigenvalue weighted by atomic mass is 9.91. The van der Waals surface area contributed by atoms with Crippen LogP contribution in [0.2, 0.25) is 0 Å². The smallest absolute Gasteiger partial charge is 0.310 e. The van der Waals surface area contributed by atoms with E-state index in [9.17, 15) is 4.79 Å². The van der Waals surface area contributed by atoms with Crippen molar-refractivity contribution < 1.29 is 9.53 Å². The Bertz CT molecular complexity index is 373. The Morgan fingerprint density at radius 2 is 2.44 bits per heavy atom. The average molecular weight is 222 g/mol. The lowest BCUT2D eigenvalue weighted by molar-refractivity contribution is -0.147. The van der Waals surface area contributed by atoms with E-state index >= 15 is 0 Å². The molecule has 2 unspecified atom stereocenters. The maximum absolute atomic E-state index is 11.8. The zero-order valence-electron chi connectivity index (χ0n) is 9.77. The van der Waals surface area contributed by atoms with Gasteiger partial charge in [-0.3, -0.25) is 4.79 Å². The van der Waals surface area contributed by atoms with Crippen molar-refractivity contribution in [2.24, 2.45) is 13.0 Å². The Morgan fingerprint density at radius 3 is 3.06 bits per heavy atom. The molecule has 88 valence electrons. The standard InChI is InChI=1S/C12H18N2O2/c1-3-16-12(15)11-7-13-6-10(11)9-4-5-14(2)8-9/h4-5,8,10-11,13H,3,6-7H2,1-2H3. The minimum absolute atomic E-state index is 0.0395. The first-order chi connectivity index (χ1) is 7.72. The van der Waals surface area contributed by atoms with Crippen molar-refractivity contribution in [3.8, 4) is 0 Å². The number of esters is 1. The summed E-state index contributed by atoms with van der Waals surface area (Å²) in [5.74, 6) is 0.129. The van der Waals surface area contributed by atoms with Crippen LogP contribution in [0.3, 0.4) is 0 Å². The Morgan fingerprint density at radius 1 is 1.62 bits per heavy atom. The fraction of sp³-hybridized carbons (Fsp3) is 0.583. The summed E-state index contributed by atoms with van der Waals surface area (Å²) in [6.07, 6.45) is 4.08. The summed E-state index contributed by atoms with van der Waals surface area (Å²) < 4.78 is 7.11. The van der Waals surface area contributed by atoms with Crippen LogP contribution in [0.4, 0.5) is 0 Å². The molecule has 1 aromatic rings. The van der Waals surface area contributed by atoms with Crippen LogP contribution in [0.15, 0.2) is 18.5 Å². The summed E-state index contributed by atoms with van der Waals surface area (Å²) in [5, 5.41) is 3.26. The number of hydrogen-bond donors (Lipinski definition) is 1. The van der Waals surface area contributed by atoms with Gasteiger partial charge in [0, 0.05) is 38.4 Å². The Labute approximate surface area is 95.6 Å². The second-order valence-corrected chi connectivity index (χ2v) is 4.23. The molecule has 4 heteroatoms. The van der Waals surface area contributed by atoms with Crippen LogP contribution in [0.1, 0.15) is 18.4 Å². The molecular weight excluding hydrogens is 204 g/mol. The fourth-order valence-electron chi connectivity index (χ4n) is 2.27. The van der Waals surface area contributed by atoms with Gasteiger partial charge in [-0.1, -0.05) is 0 Å². The summed E-state index contributed by atoms with van der Waals surface area (Å²) >= 11 is 0. The van der Waals surface area contributed by atoms with Crippen molar-refractivity contribution in [3.05, 3.63) is 24.0 Å². The van der Waals surface area contributed by atoms with Gasteiger partial charge in [0.15, 0.2) is 0 Å². The third kappa shape index (κ3) is 2.11. The number of aromatic nitrogens is 1. The van der Waals surface area contributed by atoms with E-state index in [0.717, 1.165) is 13.1 Å². The first kappa shape index (κ1) is 11.2. The monoisotopic (exact) mass is 222 g/mol. The van der Waals surface area contributed by atoms with Crippen molar-refractivity contribution in [3.63, 3.8) is 0 Å². The molecule has 0 radical (unpaired) electrons. The maximum Gasteiger partial charge on any atom is 0.310 e. The maximum atomic E-state index is 11.8. The van der Waals surface area contributed by atoms with Crippen LogP contribution in [-0.4, -0.2) is 30.2 Å². The molecular formula is C12H18N2O2. The van der Waals surface area contributed by atoms with Gasteiger partial charge in [0.1, 0.15) is 0 Å². The Kier molecular flexibility index (Phi) is 3.29. The highest BCUT2D eigenvalue weighted by atomic mass is 16.5. The molecule has 1 fully saturated rings. The lowest BCUT2D eigenvalue weighted by Gasteiger charge is -2.15. The molecule has 2 heterocycles. The quantitative estimate of drug-likeness (QED) is 0.772. The number of ether oxygens (including phenoxy) is 1. The van der Waals surface area contributed by atoms with Crippen molar-refractivity contribution >= 4 is 5.97 Å². The van der Waals surface area contributed by atoms with Crippen LogP contribution >= 0.6 is 0 Å². The van der Waals surface area contributed by atoms with E-state index in [1.807, 2.05) is 24.7 Å². The predicted molar refractivity (Wildman–Crippen MR) is 61.1 cm³/mol. The molecule has 0 aromatic carbocycles. The second-order valence-electron chi connectivity index (χ2n) is 4.23. The lowest BCUT2D eigenvalue weighted by Crippen LogP contribution is -2.23. The molecule has 2 rings (SSSR count). The zero-order chi connectivity index (χ0) is 11.5. The minimum Gasteiger partial charge on any atom is -0.466 e. The Balaban J connectivity index is 2.11. The number of aryl methyl sites for hydroxylation is 1. The number of carbonyl (C=O) groups excluding carboxylic acids is 1. The van der Waals surface area contributed by atoms with Crippen molar-refractivity contribution in [1.29, 1.82) is 0 Å². The summed E-state index contributed by atoms with van der Waals surface area (Å²) in [6, 6.07) is 2.07. The first-order valence-corrected chi connectivity index (χ1v) is 5.71. The number of nitrogens with one attached hydrogen (secondary N) is 1. The van der Waals surface area contributed by atoms with Gasteiger partial charge < -0.3 is 14.6 Å². The summed E-state index contributed by atoms with van der Waals surface area (Å²) in [7, 11) is 1.99. The highest BCUT2D eigenvalue weighted by Crippen LogP contribution is 2.29. The number of nitrogens with zero attached hydrogens (tertiary/aromatic N) is 1. The fourth-order valence-corrected chi connectivity index (χ4v) is 2.27. The van der Waals surface area contributed by atoms with Crippen molar-refractivity contribution in [2.45, 2.75) is 12.8 Å². The van der Waals surface area contributed by atoms with E-state index in [1.165, 1.54) is 5.56 Å². The Hall–Kier alpha value is -1.29. The highest BCUT2D eigenvalue weighted by Gasteiger charge is 2.35.